The second-order valence-corrected chi connectivity index (χ2v) is 7.46. The van der Waals surface area contributed by atoms with E-state index in [9.17, 15) is 4.79 Å². The molecule has 2 aromatic heterocycles. The van der Waals surface area contributed by atoms with Crippen LogP contribution >= 0.6 is 11.8 Å². The highest BCUT2D eigenvalue weighted by Gasteiger charge is 2.19. The van der Waals surface area contributed by atoms with Crippen LogP contribution in [0.1, 0.15) is 18.0 Å². The van der Waals surface area contributed by atoms with Crippen LogP contribution in [0.2, 0.25) is 0 Å². The Hall–Kier alpha value is -3.33. The molecule has 8 nitrogen and oxygen atoms in total. The fraction of sp³-hybridized carbons (Fsp3) is 0.158. The average Bonchev–Trinajstić information content (AvgIpc) is 3.36. The van der Waals surface area contributed by atoms with E-state index in [-0.39, 0.29) is 17.6 Å². The van der Waals surface area contributed by atoms with Crippen LogP contribution in [0.15, 0.2) is 56.9 Å². The van der Waals surface area contributed by atoms with Gasteiger partial charge in [0.1, 0.15) is 5.82 Å². The molecule has 1 aliphatic rings. The van der Waals surface area contributed by atoms with Gasteiger partial charge in [-0.15, -0.1) is 10.2 Å². The van der Waals surface area contributed by atoms with Gasteiger partial charge in [0, 0.05) is 5.56 Å². The van der Waals surface area contributed by atoms with Gasteiger partial charge >= 0.3 is 0 Å². The van der Waals surface area contributed by atoms with Crippen molar-refractivity contribution in [2.24, 2.45) is 0 Å². The Kier molecular flexibility index (Phi) is 4.01. The van der Waals surface area contributed by atoms with Gasteiger partial charge in [0.15, 0.2) is 11.5 Å². The number of aromatic nitrogens is 4. The number of H-pyrrole nitrogens is 1. The molecule has 0 bridgehead atoms. The highest BCUT2D eigenvalue weighted by molar-refractivity contribution is 7.99. The van der Waals surface area contributed by atoms with E-state index < -0.39 is 0 Å². The Morgan fingerprint density at radius 2 is 1.96 bits per heavy atom. The van der Waals surface area contributed by atoms with Crippen LogP contribution in [0.25, 0.3) is 22.4 Å². The van der Waals surface area contributed by atoms with Gasteiger partial charge in [0.2, 0.25) is 12.7 Å². The van der Waals surface area contributed by atoms with Crippen LogP contribution in [0.5, 0.6) is 11.5 Å². The molecule has 0 radical (unpaired) electrons. The maximum atomic E-state index is 12.3. The third kappa shape index (κ3) is 2.99. The lowest BCUT2D eigenvalue weighted by Crippen LogP contribution is -2.12. The Balaban J connectivity index is 1.39. The number of nitrogens with one attached hydrogen (secondary N) is 1. The summed E-state index contributed by atoms with van der Waals surface area (Å²) in [5.41, 5.74) is 1.23. The minimum absolute atomic E-state index is 0.167. The molecule has 9 heteroatoms. The number of thioether (sulfide) groups is 1. The summed E-state index contributed by atoms with van der Waals surface area (Å²) < 4.78 is 16.4. The monoisotopic (exact) mass is 394 g/mol. The molecule has 0 amide bonds. The van der Waals surface area contributed by atoms with E-state index >= 15 is 0 Å². The third-order valence-electron chi connectivity index (χ3n) is 4.32. The molecule has 1 aliphatic heterocycles. The third-order valence-corrected chi connectivity index (χ3v) is 5.26. The summed E-state index contributed by atoms with van der Waals surface area (Å²) >= 11 is 1.33. The van der Waals surface area contributed by atoms with Crippen molar-refractivity contribution >= 4 is 22.7 Å². The fourth-order valence-corrected chi connectivity index (χ4v) is 3.65. The number of fused-ring (bicyclic) bond motifs is 2. The highest BCUT2D eigenvalue weighted by atomic mass is 32.2. The summed E-state index contributed by atoms with van der Waals surface area (Å²) in [5, 5.41) is 8.96. The van der Waals surface area contributed by atoms with Crippen molar-refractivity contribution in [1.29, 1.82) is 0 Å². The molecule has 28 heavy (non-hydrogen) atoms. The molecular weight excluding hydrogens is 380 g/mol. The maximum Gasteiger partial charge on any atom is 0.277 e. The van der Waals surface area contributed by atoms with Gasteiger partial charge in [-0.25, -0.2) is 4.98 Å². The first-order valence-electron chi connectivity index (χ1n) is 8.56. The number of para-hydroxylation sites is 1. The van der Waals surface area contributed by atoms with Crippen LogP contribution in [-0.4, -0.2) is 27.0 Å². The molecule has 1 N–H and O–H groups in total. The molecule has 0 aliphatic carbocycles. The number of hydrogen-bond donors (Lipinski definition) is 1. The van der Waals surface area contributed by atoms with Gasteiger partial charge in [0.25, 0.3) is 10.8 Å². The zero-order valence-electron chi connectivity index (χ0n) is 14.7. The van der Waals surface area contributed by atoms with E-state index in [0.29, 0.717) is 39.3 Å². The first-order valence-corrected chi connectivity index (χ1v) is 9.44. The molecule has 2 aromatic carbocycles. The minimum atomic E-state index is -0.178. The van der Waals surface area contributed by atoms with E-state index in [1.165, 1.54) is 11.8 Å². The summed E-state index contributed by atoms with van der Waals surface area (Å²) in [6.45, 7) is 2.13. The predicted molar refractivity (Wildman–Crippen MR) is 102 cm³/mol. The average molecular weight is 394 g/mol. The second-order valence-electron chi connectivity index (χ2n) is 6.17. The lowest BCUT2D eigenvalue weighted by Gasteiger charge is -2.08. The summed E-state index contributed by atoms with van der Waals surface area (Å²) in [7, 11) is 0. The zero-order valence-corrected chi connectivity index (χ0v) is 15.5. The molecule has 3 heterocycles. The molecule has 0 saturated carbocycles. The summed E-state index contributed by atoms with van der Waals surface area (Å²) in [6.07, 6.45) is 0. The van der Waals surface area contributed by atoms with E-state index in [0.717, 1.165) is 5.56 Å². The van der Waals surface area contributed by atoms with Crippen LogP contribution in [-0.2, 0) is 0 Å². The molecule has 0 spiro atoms. The van der Waals surface area contributed by atoms with E-state index in [1.807, 2.05) is 31.2 Å². The van der Waals surface area contributed by atoms with Crippen molar-refractivity contribution in [3.63, 3.8) is 0 Å². The molecule has 0 fully saturated rings. The first-order chi connectivity index (χ1) is 13.7. The number of rotatable bonds is 4. The van der Waals surface area contributed by atoms with Gasteiger partial charge in [-0.2, -0.15) is 0 Å². The number of benzene rings is 2. The van der Waals surface area contributed by atoms with Crippen molar-refractivity contribution in [2.75, 3.05) is 6.79 Å². The van der Waals surface area contributed by atoms with Crippen molar-refractivity contribution in [3.05, 3.63) is 58.6 Å². The maximum absolute atomic E-state index is 12.3. The Bertz CT molecular complexity index is 1240. The topological polar surface area (TPSA) is 103 Å². The van der Waals surface area contributed by atoms with Crippen LogP contribution < -0.4 is 15.0 Å². The second kappa shape index (κ2) is 6.68. The summed E-state index contributed by atoms with van der Waals surface area (Å²) in [6, 6.07) is 12.7. The molecule has 0 saturated heterocycles. The zero-order chi connectivity index (χ0) is 19.1. The van der Waals surface area contributed by atoms with Crippen molar-refractivity contribution in [1.82, 2.24) is 20.2 Å². The summed E-state index contributed by atoms with van der Waals surface area (Å²) in [5.74, 6) is 2.28. The number of nitrogens with zero attached hydrogens (tertiary/aromatic N) is 3. The van der Waals surface area contributed by atoms with Gasteiger partial charge in [-0.3, -0.25) is 4.79 Å². The summed E-state index contributed by atoms with van der Waals surface area (Å²) in [4.78, 5) is 19.6. The SMILES string of the molecule is CC(Sc1nnc(-c2ccc3c(c2)OCO3)o1)c1nc2ccccc2c(=O)[nH]1. The smallest absolute Gasteiger partial charge is 0.277 e. The van der Waals surface area contributed by atoms with E-state index in [4.69, 9.17) is 13.9 Å². The molecule has 1 unspecified atom stereocenters. The van der Waals surface area contributed by atoms with Crippen LogP contribution in [0.4, 0.5) is 0 Å². The van der Waals surface area contributed by atoms with E-state index in [2.05, 4.69) is 20.2 Å². The highest BCUT2D eigenvalue weighted by Crippen LogP contribution is 2.37. The van der Waals surface area contributed by atoms with Gasteiger partial charge in [0.05, 0.1) is 16.2 Å². The van der Waals surface area contributed by atoms with Crippen molar-refractivity contribution < 1.29 is 13.9 Å². The molecule has 1 atom stereocenters. The quantitative estimate of drug-likeness (QED) is 0.524. The van der Waals surface area contributed by atoms with Crippen molar-refractivity contribution in [3.8, 4) is 23.0 Å². The molecule has 4 aromatic rings. The normalized spacial score (nSPS) is 13.8. The Labute approximate surface area is 162 Å². The largest absolute Gasteiger partial charge is 0.454 e. The van der Waals surface area contributed by atoms with Crippen LogP contribution in [0.3, 0.4) is 0 Å². The standard InChI is InChI=1S/C19H14N4O4S/c1-10(16-20-13-5-3-2-4-12(13)17(24)21-16)28-19-23-22-18(27-19)11-6-7-14-15(8-11)26-9-25-14/h2-8,10H,9H2,1H3,(H,20,21,24). The lowest BCUT2D eigenvalue weighted by molar-refractivity contribution is 0.174. The predicted octanol–water partition coefficient (Wildman–Crippen LogP) is 3.56. The number of aromatic amines is 1. The minimum Gasteiger partial charge on any atom is -0.454 e. The first kappa shape index (κ1) is 16.8. The van der Waals surface area contributed by atoms with Crippen LogP contribution in [0, 0.1) is 0 Å². The van der Waals surface area contributed by atoms with E-state index in [1.54, 1.807) is 18.2 Å². The lowest BCUT2D eigenvalue weighted by atomic mass is 10.2. The Morgan fingerprint density at radius 1 is 1.11 bits per heavy atom. The van der Waals surface area contributed by atoms with Gasteiger partial charge in [-0.1, -0.05) is 23.9 Å². The number of ether oxygens (including phenoxy) is 2. The fourth-order valence-electron chi connectivity index (χ4n) is 2.91. The molecular formula is C19H14N4O4S. The molecule has 5 rings (SSSR count). The molecule has 140 valence electrons. The Morgan fingerprint density at radius 3 is 2.89 bits per heavy atom. The number of hydrogen-bond acceptors (Lipinski definition) is 8. The van der Waals surface area contributed by atoms with Gasteiger partial charge < -0.3 is 18.9 Å². The van der Waals surface area contributed by atoms with Gasteiger partial charge in [-0.05, 0) is 37.3 Å². The van der Waals surface area contributed by atoms with Crippen molar-refractivity contribution in [2.45, 2.75) is 17.4 Å².